The Balaban J connectivity index is 1.88. The molecule has 6 heteroatoms. The summed E-state index contributed by atoms with van der Waals surface area (Å²) in [4.78, 5) is 14.8. The van der Waals surface area contributed by atoms with Gasteiger partial charge in [-0.25, -0.2) is 4.98 Å². The standard InChI is InChI=1S/C14H13NO5/c16-13(17)7-10-8-20-14(15-10)9-2-3-11-12(6-9)19-5-1-4-18-11/h2-3,6,8H,1,4-5,7H2,(H,16,17). The van der Waals surface area contributed by atoms with E-state index in [1.54, 1.807) is 12.1 Å². The number of hydrogen-bond acceptors (Lipinski definition) is 5. The molecular weight excluding hydrogens is 262 g/mol. The van der Waals surface area contributed by atoms with E-state index in [9.17, 15) is 4.79 Å². The number of aromatic nitrogens is 1. The van der Waals surface area contributed by atoms with E-state index in [1.807, 2.05) is 6.07 Å². The minimum atomic E-state index is -0.941. The fourth-order valence-corrected chi connectivity index (χ4v) is 1.97. The van der Waals surface area contributed by atoms with Gasteiger partial charge in [0.25, 0.3) is 0 Å². The summed E-state index contributed by atoms with van der Waals surface area (Å²) in [5.41, 5.74) is 1.12. The molecule has 0 amide bonds. The number of carboxylic acids is 1. The fraction of sp³-hybridized carbons (Fsp3) is 0.286. The largest absolute Gasteiger partial charge is 0.490 e. The summed E-state index contributed by atoms with van der Waals surface area (Å²) in [6.07, 6.45) is 2.03. The van der Waals surface area contributed by atoms with E-state index < -0.39 is 5.97 Å². The number of benzene rings is 1. The van der Waals surface area contributed by atoms with Gasteiger partial charge in [0.2, 0.25) is 5.89 Å². The second-order valence-electron chi connectivity index (χ2n) is 4.43. The Morgan fingerprint density at radius 1 is 1.25 bits per heavy atom. The molecule has 0 spiro atoms. The van der Waals surface area contributed by atoms with Crippen LogP contribution in [0.25, 0.3) is 11.5 Å². The summed E-state index contributed by atoms with van der Waals surface area (Å²) in [6, 6.07) is 5.40. The molecule has 0 bridgehead atoms. The molecule has 1 N–H and O–H groups in total. The Kier molecular flexibility index (Phi) is 3.28. The highest BCUT2D eigenvalue weighted by molar-refractivity contribution is 5.69. The summed E-state index contributed by atoms with van der Waals surface area (Å²) in [5, 5.41) is 8.72. The van der Waals surface area contributed by atoms with Gasteiger partial charge in [0.05, 0.1) is 25.3 Å². The molecule has 2 aromatic rings. The Labute approximate surface area is 115 Å². The van der Waals surface area contributed by atoms with Crippen LogP contribution in [0.5, 0.6) is 11.5 Å². The third-order valence-corrected chi connectivity index (χ3v) is 2.88. The van der Waals surface area contributed by atoms with E-state index in [0.29, 0.717) is 36.3 Å². The highest BCUT2D eigenvalue weighted by atomic mass is 16.5. The lowest BCUT2D eigenvalue weighted by atomic mass is 10.2. The van der Waals surface area contributed by atoms with Gasteiger partial charge in [-0.3, -0.25) is 4.79 Å². The molecule has 0 aliphatic carbocycles. The highest BCUT2D eigenvalue weighted by Crippen LogP contribution is 2.33. The summed E-state index contributed by atoms with van der Waals surface area (Å²) in [5.74, 6) is 0.780. The lowest BCUT2D eigenvalue weighted by Crippen LogP contribution is -1.99. The van der Waals surface area contributed by atoms with Crippen LogP contribution < -0.4 is 9.47 Å². The Morgan fingerprint density at radius 2 is 2.05 bits per heavy atom. The van der Waals surface area contributed by atoms with Gasteiger partial charge in [0.15, 0.2) is 11.5 Å². The minimum absolute atomic E-state index is 0.159. The van der Waals surface area contributed by atoms with Crippen LogP contribution in [0.2, 0.25) is 0 Å². The third-order valence-electron chi connectivity index (χ3n) is 2.88. The zero-order chi connectivity index (χ0) is 13.9. The zero-order valence-corrected chi connectivity index (χ0v) is 10.7. The van der Waals surface area contributed by atoms with Crippen molar-refractivity contribution >= 4 is 5.97 Å². The summed E-state index contributed by atoms with van der Waals surface area (Å²) in [6.45, 7) is 1.24. The van der Waals surface area contributed by atoms with Gasteiger partial charge in [-0.05, 0) is 18.2 Å². The van der Waals surface area contributed by atoms with Gasteiger partial charge in [-0.2, -0.15) is 0 Å². The average molecular weight is 275 g/mol. The first-order valence-corrected chi connectivity index (χ1v) is 6.28. The van der Waals surface area contributed by atoms with Crippen molar-refractivity contribution in [1.29, 1.82) is 0 Å². The number of ether oxygens (including phenoxy) is 2. The second kappa shape index (κ2) is 5.24. The van der Waals surface area contributed by atoms with Gasteiger partial charge >= 0.3 is 5.97 Å². The number of nitrogens with zero attached hydrogens (tertiary/aromatic N) is 1. The van der Waals surface area contributed by atoms with Crippen LogP contribution >= 0.6 is 0 Å². The van der Waals surface area contributed by atoms with Gasteiger partial charge in [0.1, 0.15) is 6.26 Å². The number of carboxylic acid groups (broad SMARTS) is 1. The second-order valence-corrected chi connectivity index (χ2v) is 4.43. The minimum Gasteiger partial charge on any atom is -0.490 e. The first-order chi connectivity index (χ1) is 9.72. The van der Waals surface area contributed by atoms with Crippen LogP contribution in [0, 0.1) is 0 Å². The molecule has 0 fully saturated rings. The molecule has 0 radical (unpaired) electrons. The average Bonchev–Trinajstić information content (AvgIpc) is 2.74. The Bertz CT molecular complexity index is 634. The number of oxazole rings is 1. The molecule has 1 aliphatic rings. The molecule has 1 aromatic heterocycles. The number of rotatable bonds is 3. The van der Waals surface area contributed by atoms with Gasteiger partial charge < -0.3 is 19.0 Å². The van der Waals surface area contributed by atoms with Gasteiger partial charge in [0, 0.05) is 12.0 Å². The predicted molar refractivity (Wildman–Crippen MR) is 68.9 cm³/mol. The van der Waals surface area contributed by atoms with Crippen LogP contribution in [-0.2, 0) is 11.2 Å². The molecule has 0 saturated carbocycles. The number of aliphatic carboxylic acids is 1. The fourth-order valence-electron chi connectivity index (χ4n) is 1.97. The van der Waals surface area contributed by atoms with Crippen molar-refractivity contribution in [3.05, 3.63) is 30.2 Å². The topological polar surface area (TPSA) is 81.8 Å². The van der Waals surface area contributed by atoms with Crippen LogP contribution in [0.15, 0.2) is 28.9 Å². The van der Waals surface area contributed by atoms with E-state index in [4.69, 9.17) is 19.0 Å². The van der Waals surface area contributed by atoms with E-state index in [-0.39, 0.29) is 6.42 Å². The van der Waals surface area contributed by atoms with Crippen molar-refractivity contribution in [3.63, 3.8) is 0 Å². The smallest absolute Gasteiger partial charge is 0.309 e. The van der Waals surface area contributed by atoms with Crippen LogP contribution in [0.1, 0.15) is 12.1 Å². The summed E-state index contributed by atoms with van der Waals surface area (Å²) < 4.78 is 16.4. The molecular formula is C14H13NO5. The quantitative estimate of drug-likeness (QED) is 0.924. The molecule has 3 rings (SSSR count). The van der Waals surface area contributed by atoms with E-state index in [0.717, 1.165) is 12.0 Å². The van der Waals surface area contributed by atoms with E-state index in [1.165, 1.54) is 6.26 Å². The number of hydrogen-bond donors (Lipinski definition) is 1. The maximum Gasteiger partial charge on any atom is 0.309 e. The molecule has 1 aromatic carbocycles. The summed E-state index contributed by atoms with van der Waals surface area (Å²) in [7, 11) is 0. The Morgan fingerprint density at radius 3 is 2.85 bits per heavy atom. The van der Waals surface area contributed by atoms with Crippen LogP contribution in [0.3, 0.4) is 0 Å². The molecule has 2 heterocycles. The van der Waals surface area contributed by atoms with E-state index >= 15 is 0 Å². The molecule has 6 nitrogen and oxygen atoms in total. The van der Waals surface area contributed by atoms with Gasteiger partial charge in [-0.15, -0.1) is 0 Å². The predicted octanol–water partition coefficient (Wildman–Crippen LogP) is 2.13. The molecule has 20 heavy (non-hydrogen) atoms. The molecule has 1 aliphatic heterocycles. The van der Waals surface area contributed by atoms with E-state index in [2.05, 4.69) is 4.98 Å². The van der Waals surface area contributed by atoms with Crippen LogP contribution in [0.4, 0.5) is 0 Å². The van der Waals surface area contributed by atoms with Crippen molar-refractivity contribution < 1.29 is 23.8 Å². The monoisotopic (exact) mass is 275 g/mol. The maximum atomic E-state index is 10.6. The normalized spacial score (nSPS) is 13.8. The first kappa shape index (κ1) is 12.5. The number of fused-ring (bicyclic) bond motifs is 1. The van der Waals surface area contributed by atoms with Crippen molar-refractivity contribution in [2.24, 2.45) is 0 Å². The van der Waals surface area contributed by atoms with Crippen LogP contribution in [-0.4, -0.2) is 29.3 Å². The van der Waals surface area contributed by atoms with Crippen molar-refractivity contribution in [2.75, 3.05) is 13.2 Å². The summed E-state index contributed by atoms with van der Waals surface area (Å²) >= 11 is 0. The third kappa shape index (κ3) is 2.59. The van der Waals surface area contributed by atoms with Gasteiger partial charge in [-0.1, -0.05) is 0 Å². The van der Waals surface area contributed by atoms with Crippen molar-refractivity contribution in [2.45, 2.75) is 12.8 Å². The maximum absolute atomic E-state index is 10.6. The number of carbonyl (C=O) groups is 1. The molecule has 0 atom stereocenters. The van der Waals surface area contributed by atoms with Crippen molar-refractivity contribution in [1.82, 2.24) is 4.98 Å². The first-order valence-electron chi connectivity index (χ1n) is 6.28. The molecule has 104 valence electrons. The highest BCUT2D eigenvalue weighted by Gasteiger charge is 2.14. The molecule has 0 unspecified atom stereocenters. The Hall–Kier alpha value is -2.50. The lowest BCUT2D eigenvalue weighted by Gasteiger charge is -2.07. The molecule has 0 saturated heterocycles. The SMILES string of the molecule is O=C(O)Cc1coc(-c2ccc3c(c2)OCCCO3)n1. The van der Waals surface area contributed by atoms with Crippen molar-refractivity contribution in [3.8, 4) is 23.0 Å². The zero-order valence-electron chi connectivity index (χ0n) is 10.7. The lowest BCUT2D eigenvalue weighted by molar-refractivity contribution is -0.136.